The van der Waals surface area contributed by atoms with E-state index in [2.05, 4.69) is 23.8 Å². The van der Waals surface area contributed by atoms with Crippen LogP contribution in [0.2, 0.25) is 0 Å². The Morgan fingerprint density at radius 1 is 1.25 bits per heavy atom. The Labute approximate surface area is 169 Å². The third-order valence-corrected chi connectivity index (χ3v) is 3.69. The number of allylic oxidation sites excluding steroid dienone is 1. The van der Waals surface area contributed by atoms with Crippen LogP contribution in [0.5, 0.6) is 0 Å². The maximum absolute atomic E-state index is 10.6. The van der Waals surface area contributed by atoms with E-state index >= 15 is 0 Å². The van der Waals surface area contributed by atoms with Gasteiger partial charge in [0.2, 0.25) is 0 Å². The fraction of sp³-hybridized carbons (Fsp3) is 0.391. The lowest BCUT2D eigenvalue weighted by Gasteiger charge is -2.05. The molecule has 1 heterocycles. The number of carboxylic acid groups (broad SMARTS) is 1. The van der Waals surface area contributed by atoms with Crippen LogP contribution in [-0.2, 0) is 17.6 Å². The summed E-state index contributed by atoms with van der Waals surface area (Å²) in [5, 5.41) is 12.1. The second-order valence-electron chi connectivity index (χ2n) is 6.36. The van der Waals surface area contributed by atoms with Crippen LogP contribution in [0, 0.1) is 6.92 Å². The van der Waals surface area contributed by atoms with Gasteiger partial charge in [0.25, 0.3) is 0 Å². The first-order chi connectivity index (χ1) is 13.4. The molecule has 0 saturated heterocycles. The van der Waals surface area contributed by atoms with Crippen molar-refractivity contribution in [3.8, 4) is 0 Å². The van der Waals surface area contributed by atoms with E-state index in [-0.39, 0.29) is 6.42 Å². The van der Waals surface area contributed by atoms with E-state index in [4.69, 9.17) is 10.8 Å². The number of nitrogens with one attached hydrogen (secondary N) is 1. The Hall–Kier alpha value is -2.66. The molecule has 1 aromatic carbocycles. The highest BCUT2D eigenvalue weighted by Crippen LogP contribution is 2.06. The second-order valence-corrected chi connectivity index (χ2v) is 6.36. The van der Waals surface area contributed by atoms with E-state index in [0.29, 0.717) is 5.82 Å². The molecule has 5 nitrogen and oxygen atoms in total. The van der Waals surface area contributed by atoms with Crippen LogP contribution < -0.4 is 11.1 Å². The molecule has 0 spiro atoms. The number of hydrogen-bond donors (Lipinski definition) is 3. The van der Waals surface area contributed by atoms with E-state index < -0.39 is 5.97 Å². The average molecular weight is 386 g/mol. The molecule has 0 radical (unpaired) electrons. The highest BCUT2D eigenvalue weighted by molar-refractivity contribution is 5.70. The molecule has 0 aliphatic heterocycles. The average Bonchev–Trinajstić information content (AvgIpc) is 2.65. The molecule has 0 aliphatic rings. The first-order valence-electron chi connectivity index (χ1n) is 9.69. The normalized spacial score (nSPS) is 9.39. The van der Waals surface area contributed by atoms with Gasteiger partial charge in [-0.1, -0.05) is 49.8 Å². The molecule has 28 heavy (non-hydrogen) atoms. The van der Waals surface area contributed by atoms with Crippen molar-refractivity contribution in [2.24, 2.45) is 0 Å². The number of carbonyl (C=O) groups is 1. The predicted octanol–water partition coefficient (Wildman–Crippen LogP) is 4.41. The van der Waals surface area contributed by atoms with Crippen molar-refractivity contribution in [1.29, 1.82) is 0 Å². The third-order valence-electron chi connectivity index (χ3n) is 3.69. The maximum Gasteiger partial charge on any atom is 0.307 e. The minimum absolute atomic E-state index is 0.108. The molecule has 0 unspecified atom stereocenters. The molecule has 0 amide bonds. The van der Waals surface area contributed by atoms with E-state index in [1.807, 2.05) is 50.2 Å². The van der Waals surface area contributed by atoms with Crippen molar-refractivity contribution in [3.05, 3.63) is 71.9 Å². The Bertz CT molecular complexity index is 666. The van der Waals surface area contributed by atoms with Crippen LogP contribution in [0.15, 0.2) is 55.3 Å². The number of anilines is 1. The van der Waals surface area contributed by atoms with Crippen LogP contribution in [-0.4, -0.2) is 29.1 Å². The highest BCUT2D eigenvalue weighted by Gasteiger charge is 2.01. The molecule has 0 saturated carbocycles. The smallest absolute Gasteiger partial charge is 0.307 e. The number of carboxylic acids is 1. The van der Waals surface area contributed by atoms with Crippen molar-refractivity contribution in [2.75, 3.05) is 18.8 Å². The van der Waals surface area contributed by atoms with Crippen LogP contribution in [0.3, 0.4) is 0 Å². The SMILES string of the molecule is C=CC.CCCCNCCc1cccc(CC(=O)O)c1.Cc1cccnc1N. The topological polar surface area (TPSA) is 88.2 Å². The monoisotopic (exact) mass is 385 g/mol. The standard InChI is InChI=1S/C14H21NO2.C6H8N2.C3H6/c1-2-3-8-15-9-7-12-5-4-6-13(10-12)11-14(16)17;1-5-3-2-4-8-6(5)7;1-3-2/h4-6,10,15H,2-3,7-9,11H2,1H3,(H,16,17);2-4H,1H3,(H2,7,8);3H,1H2,2H3. The van der Waals surface area contributed by atoms with Crippen molar-refractivity contribution in [3.63, 3.8) is 0 Å². The lowest BCUT2D eigenvalue weighted by Crippen LogP contribution is -2.18. The first-order valence-corrected chi connectivity index (χ1v) is 9.69. The largest absolute Gasteiger partial charge is 0.481 e. The number of hydrogen-bond acceptors (Lipinski definition) is 4. The van der Waals surface area contributed by atoms with E-state index in [0.717, 1.165) is 30.6 Å². The van der Waals surface area contributed by atoms with Crippen LogP contribution in [0.4, 0.5) is 5.82 Å². The molecule has 0 fully saturated rings. The van der Waals surface area contributed by atoms with E-state index in [1.165, 1.54) is 18.4 Å². The Morgan fingerprint density at radius 2 is 1.93 bits per heavy atom. The molecule has 0 aliphatic carbocycles. The molecule has 1 aromatic heterocycles. The van der Waals surface area contributed by atoms with Crippen molar-refractivity contribution in [2.45, 2.75) is 46.5 Å². The summed E-state index contributed by atoms with van der Waals surface area (Å²) in [7, 11) is 0. The number of nitrogens with two attached hydrogens (primary N) is 1. The third kappa shape index (κ3) is 13.5. The van der Waals surface area contributed by atoms with Gasteiger partial charge in [-0.25, -0.2) is 4.98 Å². The number of aryl methyl sites for hydroxylation is 1. The Balaban J connectivity index is 0.000000547. The fourth-order valence-corrected chi connectivity index (χ4v) is 2.23. The van der Waals surface area contributed by atoms with Crippen molar-refractivity contribution >= 4 is 11.8 Å². The number of aromatic nitrogens is 1. The quantitative estimate of drug-likeness (QED) is 0.463. The Morgan fingerprint density at radius 3 is 2.46 bits per heavy atom. The maximum atomic E-state index is 10.6. The number of pyridine rings is 1. The van der Waals surface area contributed by atoms with Crippen LogP contribution in [0.25, 0.3) is 0 Å². The lowest BCUT2D eigenvalue weighted by atomic mass is 10.1. The van der Waals surface area contributed by atoms with Gasteiger partial charge in [-0.2, -0.15) is 0 Å². The van der Waals surface area contributed by atoms with Crippen molar-refractivity contribution in [1.82, 2.24) is 10.3 Å². The minimum atomic E-state index is -0.775. The molecule has 0 bridgehead atoms. The summed E-state index contributed by atoms with van der Waals surface area (Å²) in [5.74, 6) is -0.157. The van der Waals surface area contributed by atoms with E-state index in [9.17, 15) is 4.79 Å². The number of benzene rings is 1. The zero-order valence-corrected chi connectivity index (χ0v) is 17.4. The number of nitrogen functional groups attached to an aromatic ring is 1. The van der Waals surface area contributed by atoms with E-state index in [1.54, 1.807) is 12.3 Å². The van der Waals surface area contributed by atoms with Crippen LogP contribution >= 0.6 is 0 Å². The summed E-state index contributed by atoms with van der Waals surface area (Å²) >= 11 is 0. The molecule has 2 aromatic rings. The number of rotatable bonds is 8. The van der Waals surface area contributed by atoms with Gasteiger partial charge in [-0.15, -0.1) is 6.58 Å². The highest BCUT2D eigenvalue weighted by atomic mass is 16.4. The van der Waals surface area contributed by atoms with Gasteiger partial charge >= 0.3 is 5.97 Å². The van der Waals surface area contributed by atoms with Gasteiger partial charge in [0.05, 0.1) is 6.42 Å². The molecule has 154 valence electrons. The summed E-state index contributed by atoms with van der Waals surface area (Å²) in [6, 6.07) is 11.6. The predicted molar refractivity (Wildman–Crippen MR) is 119 cm³/mol. The lowest BCUT2D eigenvalue weighted by molar-refractivity contribution is -0.136. The zero-order valence-electron chi connectivity index (χ0n) is 17.4. The van der Waals surface area contributed by atoms with Gasteiger partial charge in [-0.05, 0) is 62.5 Å². The van der Waals surface area contributed by atoms with Gasteiger partial charge in [0, 0.05) is 6.20 Å². The number of unbranched alkanes of at least 4 members (excludes halogenated alkanes) is 1. The molecular formula is C23H35N3O2. The first kappa shape index (κ1) is 25.3. The zero-order chi connectivity index (χ0) is 21.2. The molecule has 4 N–H and O–H groups in total. The van der Waals surface area contributed by atoms with Crippen molar-refractivity contribution < 1.29 is 9.90 Å². The summed E-state index contributed by atoms with van der Waals surface area (Å²) in [4.78, 5) is 14.5. The number of aliphatic carboxylic acids is 1. The number of nitrogens with zero attached hydrogens (tertiary/aromatic N) is 1. The van der Waals surface area contributed by atoms with Gasteiger partial charge < -0.3 is 16.2 Å². The van der Waals surface area contributed by atoms with Gasteiger partial charge in [0.15, 0.2) is 0 Å². The summed E-state index contributed by atoms with van der Waals surface area (Å²) in [5.41, 5.74) is 8.52. The Kier molecular flexibility index (Phi) is 14.9. The molecule has 0 atom stereocenters. The molecule has 5 heteroatoms. The summed E-state index contributed by atoms with van der Waals surface area (Å²) < 4.78 is 0. The second kappa shape index (κ2) is 16.5. The summed E-state index contributed by atoms with van der Waals surface area (Å²) in [6.45, 7) is 11.4. The fourth-order valence-electron chi connectivity index (χ4n) is 2.23. The summed E-state index contributed by atoms with van der Waals surface area (Å²) in [6.07, 6.45) is 6.91. The molecule has 2 rings (SSSR count). The minimum Gasteiger partial charge on any atom is -0.481 e. The van der Waals surface area contributed by atoms with Crippen LogP contribution in [0.1, 0.15) is 43.4 Å². The van der Waals surface area contributed by atoms with Gasteiger partial charge in [0.1, 0.15) is 5.82 Å². The molecular weight excluding hydrogens is 350 g/mol. The van der Waals surface area contributed by atoms with Gasteiger partial charge in [-0.3, -0.25) is 4.79 Å².